The lowest BCUT2D eigenvalue weighted by Crippen LogP contribution is -2.27. The van der Waals surface area contributed by atoms with Crippen LogP contribution in [0.2, 0.25) is 0 Å². The summed E-state index contributed by atoms with van der Waals surface area (Å²) in [5.74, 6) is 0.863. The van der Waals surface area contributed by atoms with E-state index < -0.39 is 15.7 Å². The fourth-order valence-electron chi connectivity index (χ4n) is 2.71. The molecular weight excluding hydrogens is 378 g/mol. The zero-order valence-corrected chi connectivity index (χ0v) is 15.8. The highest BCUT2D eigenvalue weighted by molar-refractivity contribution is 7.91. The number of ether oxygens (including phenoxy) is 1. The molecule has 2 N–H and O–H groups in total. The number of rotatable bonds is 6. The molecule has 0 aliphatic carbocycles. The number of nitriles is 1. The van der Waals surface area contributed by atoms with Crippen LogP contribution in [0.25, 0.3) is 0 Å². The number of amides is 1. The summed E-state index contributed by atoms with van der Waals surface area (Å²) in [6, 6.07) is 17.6. The topological polar surface area (TPSA) is 108 Å². The van der Waals surface area contributed by atoms with Gasteiger partial charge in [-0.15, -0.1) is 0 Å². The summed E-state index contributed by atoms with van der Waals surface area (Å²) in [4.78, 5) is 12.3. The molecule has 1 fully saturated rings. The van der Waals surface area contributed by atoms with Crippen molar-refractivity contribution in [2.75, 3.05) is 16.8 Å². The Balaban J connectivity index is 1.58. The first kappa shape index (κ1) is 19.5. The zero-order chi connectivity index (χ0) is 20.0. The van der Waals surface area contributed by atoms with Crippen LogP contribution in [0.1, 0.15) is 6.42 Å². The van der Waals surface area contributed by atoms with E-state index in [1.54, 1.807) is 24.3 Å². The molecule has 0 saturated carbocycles. The third-order valence-electron chi connectivity index (χ3n) is 4.15. The van der Waals surface area contributed by atoms with Crippen LogP contribution in [0, 0.1) is 11.3 Å². The van der Waals surface area contributed by atoms with E-state index in [1.807, 2.05) is 36.4 Å². The minimum absolute atomic E-state index is 0.00665. The normalized spacial score (nSPS) is 18.1. The maximum atomic E-state index is 12.3. The maximum absolute atomic E-state index is 12.3. The Hall–Kier alpha value is -3.31. The summed E-state index contributed by atoms with van der Waals surface area (Å²) in [7, 11) is -3.03. The van der Waals surface area contributed by atoms with Crippen LogP contribution in [0.4, 0.5) is 5.69 Å². The highest BCUT2D eigenvalue weighted by atomic mass is 32.2. The Morgan fingerprint density at radius 2 is 1.79 bits per heavy atom. The second-order valence-corrected chi connectivity index (χ2v) is 8.56. The molecule has 1 saturated heterocycles. The Morgan fingerprint density at radius 3 is 2.39 bits per heavy atom. The number of benzene rings is 2. The van der Waals surface area contributed by atoms with Gasteiger partial charge in [0.05, 0.1) is 11.5 Å². The third kappa shape index (κ3) is 5.34. The first-order valence-corrected chi connectivity index (χ1v) is 10.5. The van der Waals surface area contributed by atoms with Gasteiger partial charge in [-0.25, -0.2) is 8.42 Å². The molecule has 1 aliphatic rings. The van der Waals surface area contributed by atoms with E-state index in [9.17, 15) is 18.5 Å². The van der Waals surface area contributed by atoms with Crippen molar-refractivity contribution in [2.45, 2.75) is 12.5 Å². The average molecular weight is 397 g/mol. The molecule has 2 aromatic carbocycles. The lowest BCUT2D eigenvalue weighted by Gasteiger charge is -2.09. The summed E-state index contributed by atoms with van der Waals surface area (Å²) in [5, 5.41) is 14.7. The fraction of sp³-hybridized carbons (Fsp3) is 0.200. The maximum Gasteiger partial charge on any atom is 0.267 e. The Morgan fingerprint density at radius 1 is 1.11 bits per heavy atom. The summed E-state index contributed by atoms with van der Waals surface area (Å²) >= 11 is 0. The van der Waals surface area contributed by atoms with Gasteiger partial charge < -0.3 is 15.4 Å². The highest BCUT2D eigenvalue weighted by Gasteiger charge is 2.27. The highest BCUT2D eigenvalue weighted by Crippen LogP contribution is 2.22. The number of anilines is 1. The summed E-state index contributed by atoms with van der Waals surface area (Å²) in [6.07, 6.45) is 1.73. The predicted molar refractivity (Wildman–Crippen MR) is 105 cm³/mol. The number of sulfone groups is 1. The van der Waals surface area contributed by atoms with Crippen molar-refractivity contribution < 1.29 is 17.9 Å². The van der Waals surface area contributed by atoms with E-state index in [0.717, 1.165) is 0 Å². The summed E-state index contributed by atoms with van der Waals surface area (Å²) in [5.41, 5.74) is 0.379. The molecule has 1 unspecified atom stereocenters. The van der Waals surface area contributed by atoms with Crippen LogP contribution in [0.15, 0.2) is 66.4 Å². The van der Waals surface area contributed by atoms with Gasteiger partial charge in [0.2, 0.25) is 0 Å². The van der Waals surface area contributed by atoms with Gasteiger partial charge in [-0.2, -0.15) is 5.26 Å². The van der Waals surface area contributed by atoms with Crippen molar-refractivity contribution in [3.63, 3.8) is 0 Å². The molecule has 1 heterocycles. The van der Waals surface area contributed by atoms with Gasteiger partial charge in [-0.05, 0) is 42.8 Å². The van der Waals surface area contributed by atoms with Crippen molar-refractivity contribution in [3.8, 4) is 17.6 Å². The van der Waals surface area contributed by atoms with Gasteiger partial charge >= 0.3 is 0 Å². The van der Waals surface area contributed by atoms with Crippen molar-refractivity contribution in [2.24, 2.45) is 0 Å². The number of para-hydroxylation sites is 1. The number of hydrogen-bond acceptors (Lipinski definition) is 6. The number of hydrogen-bond donors (Lipinski definition) is 2. The first-order valence-electron chi connectivity index (χ1n) is 8.66. The minimum atomic E-state index is -3.03. The van der Waals surface area contributed by atoms with Crippen LogP contribution in [0.3, 0.4) is 0 Å². The molecule has 28 heavy (non-hydrogen) atoms. The molecule has 1 amide bonds. The van der Waals surface area contributed by atoms with E-state index in [1.165, 1.54) is 6.20 Å². The Kier molecular flexibility index (Phi) is 5.96. The number of nitrogens with one attached hydrogen (secondary N) is 2. The van der Waals surface area contributed by atoms with Crippen molar-refractivity contribution in [3.05, 3.63) is 66.4 Å². The molecule has 2 aromatic rings. The number of carbonyl (C=O) groups is 1. The molecule has 1 aliphatic heterocycles. The van der Waals surface area contributed by atoms with Crippen LogP contribution < -0.4 is 15.4 Å². The van der Waals surface area contributed by atoms with E-state index >= 15 is 0 Å². The third-order valence-corrected chi connectivity index (χ3v) is 5.92. The lowest BCUT2D eigenvalue weighted by molar-refractivity contribution is -0.112. The molecular formula is C20H19N3O4S. The van der Waals surface area contributed by atoms with E-state index in [-0.39, 0.29) is 23.1 Å². The smallest absolute Gasteiger partial charge is 0.267 e. The molecule has 0 radical (unpaired) electrons. The average Bonchev–Trinajstić information content (AvgIpc) is 3.03. The molecule has 1 atom stereocenters. The van der Waals surface area contributed by atoms with Gasteiger partial charge in [-0.1, -0.05) is 18.2 Å². The largest absolute Gasteiger partial charge is 0.457 e. The Bertz CT molecular complexity index is 1010. The van der Waals surface area contributed by atoms with Gasteiger partial charge in [0, 0.05) is 17.9 Å². The molecule has 7 nitrogen and oxygen atoms in total. The molecule has 144 valence electrons. The van der Waals surface area contributed by atoms with E-state index in [2.05, 4.69) is 10.6 Å². The van der Waals surface area contributed by atoms with Crippen LogP contribution in [0.5, 0.6) is 11.5 Å². The van der Waals surface area contributed by atoms with Gasteiger partial charge in [-0.3, -0.25) is 4.79 Å². The van der Waals surface area contributed by atoms with Crippen molar-refractivity contribution in [1.29, 1.82) is 5.26 Å². The van der Waals surface area contributed by atoms with Crippen LogP contribution in [-0.2, 0) is 14.6 Å². The predicted octanol–water partition coefficient (Wildman–Crippen LogP) is 2.60. The first-order chi connectivity index (χ1) is 13.4. The van der Waals surface area contributed by atoms with Crippen LogP contribution in [-0.4, -0.2) is 31.9 Å². The molecule has 0 aromatic heterocycles. The molecule has 8 heteroatoms. The van der Waals surface area contributed by atoms with Gasteiger partial charge in [0.15, 0.2) is 9.84 Å². The number of carbonyl (C=O) groups excluding carboxylic acids is 1. The zero-order valence-electron chi connectivity index (χ0n) is 15.0. The standard InChI is InChI=1S/C20H19N3O4S/c21-12-15(13-22-17-10-11-28(25,26)14-17)20(24)23-16-6-8-19(9-7-16)27-18-4-2-1-3-5-18/h1-9,13,17,22H,10-11,14H2,(H,23,24)/b15-13-. The van der Waals surface area contributed by atoms with E-state index in [4.69, 9.17) is 4.74 Å². The quantitative estimate of drug-likeness (QED) is 0.573. The minimum Gasteiger partial charge on any atom is -0.457 e. The monoisotopic (exact) mass is 397 g/mol. The number of nitrogens with zero attached hydrogens (tertiary/aromatic N) is 1. The van der Waals surface area contributed by atoms with Gasteiger partial charge in [0.1, 0.15) is 23.1 Å². The molecule has 3 rings (SSSR count). The van der Waals surface area contributed by atoms with Crippen LogP contribution >= 0.6 is 0 Å². The fourth-order valence-corrected chi connectivity index (χ4v) is 4.39. The summed E-state index contributed by atoms with van der Waals surface area (Å²) in [6.45, 7) is 0. The second kappa shape index (κ2) is 8.59. The molecule has 0 spiro atoms. The molecule has 0 bridgehead atoms. The summed E-state index contributed by atoms with van der Waals surface area (Å²) < 4.78 is 28.6. The van der Waals surface area contributed by atoms with E-state index in [0.29, 0.717) is 23.6 Å². The Labute approximate surface area is 163 Å². The SMILES string of the molecule is N#C/C(=C/NC1CCS(=O)(=O)C1)C(=O)Nc1ccc(Oc2ccccc2)cc1. The second-order valence-electron chi connectivity index (χ2n) is 6.33. The van der Waals surface area contributed by atoms with Crippen molar-refractivity contribution in [1.82, 2.24) is 5.32 Å². The van der Waals surface area contributed by atoms with Gasteiger partial charge in [0.25, 0.3) is 5.91 Å². The van der Waals surface area contributed by atoms with Crippen molar-refractivity contribution >= 4 is 21.4 Å². The lowest BCUT2D eigenvalue weighted by atomic mass is 10.2.